The third-order valence-corrected chi connectivity index (χ3v) is 7.43. The Morgan fingerprint density at radius 1 is 1.00 bits per heavy atom. The quantitative estimate of drug-likeness (QED) is 0.217. The summed E-state index contributed by atoms with van der Waals surface area (Å²) in [6.07, 6.45) is 6.30. The van der Waals surface area contributed by atoms with E-state index in [0.717, 1.165) is 42.7 Å². The first-order chi connectivity index (χ1) is 18.4. The molecule has 1 saturated carbocycles. The Labute approximate surface area is 220 Å². The number of nitrogens with zero attached hydrogens (tertiary/aromatic N) is 3. The summed E-state index contributed by atoms with van der Waals surface area (Å²) in [5.41, 5.74) is 2.90. The second-order valence-electron chi connectivity index (χ2n) is 9.60. The molecule has 1 atom stereocenters. The van der Waals surface area contributed by atoms with Crippen LogP contribution in [0.2, 0.25) is 0 Å². The van der Waals surface area contributed by atoms with Crippen LogP contribution in [-0.2, 0) is 14.4 Å². The minimum absolute atomic E-state index is 0.0303. The van der Waals surface area contributed by atoms with Crippen molar-refractivity contribution in [3.63, 3.8) is 0 Å². The molecule has 5 rings (SSSR count). The van der Waals surface area contributed by atoms with Gasteiger partial charge in [-0.2, -0.15) is 0 Å². The molecule has 1 unspecified atom stereocenters. The molecule has 0 spiro atoms. The van der Waals surface area contributed by atoms with Gasteiger partial charge in [-0.15, -0.1) is 0 Å². The average Bonchev–Trinajstić information content (AvgIpc) is 3.59. The first-order valence-corrected chi connectivity index (χ1v) is 12.6. The SMILES string of the molecule is CON(C)C(=O)c1ccc(/C(O)=C2/C(=O)C(=O)N(c3ccc(-c4ccon4)cc3)C2C2CCCCC2)cc1. The van der Waals surface area contributed by atoms with Crippen LogP contribution in [0, 0.1) is 5.92 Å². The molecule has 1 aromatic heterocycles. The van der Waals surface area contributed by atoms with Gasteiger partial charge in [-0.05, 0) is 43.0 Å². The number of hydrogen-bond donors (Lipinski definition) is 1. The van der Waals surface area contributed by atoms with Gasteiger partial charge in [0.1, 0.15) is 17.7 Å². The number of rotatable bonds is 6. The van der Waals surface area contributed by atoms with Crippen LogP contribution >= 0.6 is 0 Å². The lowest BCUT2D eigenvalue weighted by Gasteiger charge is -2.34. The zero-order valence-electron chi connectivity index (χ0n) is 21.3. The Morgan fingerprint density at radius 3 is 2.26 bits per heavy atom. The number of Topliss-reactive ketones (excluding diaryl/α,β-unsaturated/α-hetero) is 1. The predicted molar refractivity (Wildman–Crippen MR) is 140 cm³/mol. The molecule has 2 fully saturated rings. The first-order valence-electron chi connectivity index (χ1n) is 12.6. The smallest absolute Gasteiger partial charge is 0.299 e. The van der Waals surface area contributed by atoms with Gasteiger partial charge in [-0.25, -0.2) is 5.06 Å². The molecule has 2 aromatic carbocycles. The van der Waals surface area contributed by atoms with Gasteiger partial charge in [0, 0.05) is 35.5 Å². The zero-order chi connectivity index (χ0) is 26.8. The Bertz CT molecular complexity index is 1360. The molecule has 9 heteroatoms. The molecule has 2 aliphatic rings. The molecule has 2 heterocycles. The molecule has 1 aliphatic heterocycles. The molecule has 3 aromatic rings. The van der Waals surface area contributed by atoms with Crippen molar-refractivity contribution in [3.05, 3.63) is 77.6 Å². The third kappa shape index (κ3) is 4.61. The summed E-state index contributed by atoms with van der Waals surface area (Å²) in [4.78, 5) is 45.7. The molecule has 2 amide bonds. The Balaban J connectivity index is 1.54. The molecule has 1 saturated heterocycles. The summed E-state index contributed by atoms with van der Waals surface area (Å²) in [7, 11) is 2.89. The molecular weight excluding hydrogens is 486 g/mol. The van der Waals surface area contributed by atoms with E-state index in [1.54, 1.807) is 42.5 Å². The molecule has 1 aliphatic carbocycles. The van der Waals surface area contributed by atoms with Crippen LogP contribution in [0.4, 0.5) is 5.69 Å². The summed E-state index contributed by atoms with van der Waals surface area (Å²) in [5.74, 6) is -1.93. The monoisotopic (exact) mass is 515 g/mol. The van der Waals surface area contributed by atoms with E-state index in [9.17, 15) is 19.5 Å². The summed E-state index contributed by atoms with van der Waals surface area (Å²) in [6.45, 7) is 0. The van der Waals surface area contributed by atoms with Gasteiger partial charge in [-0.3, -0.25) is 24.1 Å². The molecule has 0 radical (unpaired) electrons. The summed E-state index contributed by atoms with van der Waals surface area (Å²) in [5, 5.41) is 16.4. The highest BCUT2D eigenvalue weighted by Gasteiger charge is 2.49. The maximum Gasteiger partial charge on any atom is 0.299 e. The van der Waals surface area contributed by atoms with Crippen LogP contribution in [-0.4, -0.2) is 53.1 Å². The standard InChI is InChI=1S/C29H29N3O6/c1-31(37-2)28(35)21-10-8-20(9-11-21)26(33)24-25(19-6-4-3-5-7-19)32(29(36)27(24)34)22-14-12-18(13-15-22)23-16-17-38-30-23/h8-17,19,25,33H,3-7H2,1-2H3/b26-24-. The Kier molecular flexibility index (Phi) is 7.11. The van der Waals surface area contributed by atoms with Crippen LogP contribution in [0.15, 0.2) is 71.0 Å². The number of aromatic nitrogens is 1. The van der Waals surface area contributed by atoms with E-state index in [-0.39, 0.29) is 23.2 Å². The van der Waals surface area contributed by atoms with E-state index < -0.39 is 17.7 Å². The fraction of sp³-hybridized carbons (Fsp3) is 0.310. The Hall–Kier alpha value is -4.24. The van der Waals surface area contributed by atoms with Gasteiger partial charge in [0.05, 0.1) is 18.7 Å². The van der Waals surface area contributed by atoms with Crippen LogP contribution in [0.25, 0.3) is 17.0 Å². The van der Waals surface area contributed by atoms with Crippen molar-refractivity contribution >= 4 is 29.0 Å². The van der Waals surface area contributed by atoms with Crippen LogP contribution in [0.5, 0.6) is 0 Å². The summed E-state index contributed by atoms with van der Waals surface area (Å²) < 4.78 is 4.93. The normalized spacial score (nSPS) is 19.6. The fourth-order valence-corrected chi connectivity index (χ4v) is 5.38. The largest absolute Gasteiger partial charge is 0.507 e. The summed E-state index contributed by atoms with van der Waals surface area (Å²) >= 11 is 0. The lowest BCUT2D eigenvalue weighted by Crippen LogP contribution is -2.40. The predicted octanol–water partition coefficient (Wildman–Crippen LogP) is 4.81. The van der Waals surface area contributed by atoms with Gasteiger partial charge >= 0.3 is 0 Å². The van der Waals surface area contributed by atoms with Crippen molar-refractivity contribution in [2.75, 3.05) is 19.1 Å². The van der Waals surface area contributed by atoms with Crippen molar-refractivity contribution in [1.29, 1.82) is 0 Å². The van der Waals surface area contributed by atoms with Crippen LogP contribution in [0.3, 0.4) is 0 Å². The topological polar surface area (TPSA) is 113 Å². The number of carbonyl (C=O) groups excluding carboxylic acids is 3. The van der Waals surface area contributed by atoms with Crippen molar-refractivity contribution in [1.82, 2.24) is 10.2 Å². The molecular formula is C29H29N3O6. The number of benzene rings is 2. The van der Waals surface area contributed by atoms with E-state index in [2.05, 4.69) is 5.16 Å². The second-order valence-corrected chi connectivity index (χ2v) is 9.60. The Morgan fingerprint density at radius 2 is 1.66 bits per heavy atom. The van der Waals surface area contributed by atoms with E-state index in [1.165, 1.54) is 25.3 Å². The highest BCUT2D eigenvalue weighted by molar-refractivity contribution is 6.51. The maximum atomic E-state index is 13.4. The fourth-order valence-electron chi connectivity index (χ4n) is 5.38. The molecule has 1 N–H and O–H groups in total. The van der Waals surface area contributed by atoms with Gasteiger partial charge in [0.2, 0.25) is 0 Å². The average molecular weight is 516 g/mol. The molecule has 0 bridgehead atoms. The number of ketones is 1. The number of aliphatic hydroxyl groups is 1. The van der Waals surface area contributed by atoms with E-state index in [4.69, 9.17) is 9.36 Å². The summed E-state index contributed by atoms with van der Waals surface area (Å²) in [6, 6.07) is 14.7. The number of aliphatic hydroxyl groups excluding tert-OH is 1. The highest BCUT2D eigenvalue weighted by Crippen LogP contribution is 2.41. The lowest BCUT2D eigenvalue weighted by molar-refractivity contribution is -0.132. The minimum Gasteiger partial charge on any atom is -0.507 e. The third-order valence-electron chi connectivity index (χ3n) is 7.43. The number of hydrogen-bond acceptors (Lipinski definition) is 7. The number of amides is 2. The van der Waals surface area contributed by atoms with Gasteiger partial charge < -0.3 is 9.63 Å². The maximum absolute atomic E-state index is 13.4. The zero-order valence-corrected chi connectivity index (χ0v) is 21.3. The van der Waals surface area contributed by atoms with E-state index >= 15 is 0 Å². The van der Waals surface area contributed by atoms with E-state index in [1.807, 2.05) is 12.1 Å². The van der Waals surface area contributed by atoms with Crippen LogP contribution < -0.4 is 4.90 Å². The minimum atomic E-state index is -0.710. The first kappa shape index (κ1) is 25.4. The lowest BCUT2D eigenvalue weighted by atomic mass is 9.80. The van der Waals surface area contributed by atoms with Gasteiger partial charge in [0.15, 0.2) is 0 Å². The van der Waals surface area contributed by atoms with Gasteiger partial charge in [0.25, 0.3) is 17.6 Å². The van der Waals surface area contributed by atoms with Crippen molar-refractivity contribution in [2.45, 2.75) is 38.1 Å². The molecule has 196 valence electrons. The number of hydroxylamine groups is 2. The van der Waals surface area contributed by atoms with E-state index in [0.29, 0.717) is 22.5 Å². The molecule has 9 nitrogen and oxygen atoms in total. The van der Waals surface area contributed by atoms with Gasteiger partial charge in [-0.1, -0.05) is 48.7 Å². The number of carbonyl (C=O) groups is 3. The second kappa shape index (κ2) is 10.6. The van der Waals surface area contributed by atoms with Crippen LogP contribution in [0.1, 0.15) is 48.0 Å². The number of anilines is 1. The van der Waals surface area contributed by atoms with Crippen molar-refractivity contribution in [2.24, 2.45) is 5.92 Å². The highest BCUT2D eigenvalue weighted by atomic mass is 16.7. The molecule has 38 heavy (non-hydrogen) atoms. The van der Waals surface area contributed by atoms with Crippen molar-refractivity contribution in [3.8, 4) is 11.3 Å². The van der Waals surface area contributed by atoms with Crippen molar-refractivity contribution < 1.29 is 28.9 Å².